The summed E-state index contributed by atoms with van der Waals surface area (Å²) in [4.78, 5) is 10.8. The maximum absolute atomic E-state index is 10.8. The van der Waals surface area contributed by atoms with Crippen LogP contribution in [0.1, 0.15) is 29.8 Å². The van der Waals surface area contributed by atoms with Gasteiger partial charge in [-0.25, -0.2) is 4.79 Å². The maximum Gasteiger partial charge on any atom is 0.341 e. The van der Waals surface area contributed by atoms with Crippen LogP contribution in [0, 0.1) is 0 Å². The standard InChI is InChI=1S/C14H11NO3.C9H11NO2.C7H8O3/c1-16-12-4-2-3-10(7-12)13-8-14(18-15-13)11-5-6-17-9-11;1-7(10-11)8-4-3-5-9(6-8)12-2;1-2-10-7(8)6-3-4-9-5-6/h2-9H,1H3;3-6,11H,1-2H3;3-5H,2H2,1H3/b;10-7+;. The molecule has 0 amide bonds. The molecule has 1 N–H and O–H groups in total. The number of aromatic nitrogens is 1. The molecule has 0 aliphatic heterocycles. The average Bonchev–Trinajstić information content (AvgIpc) is 3.80. The third-order valence-corrected chi connectivity index (χ3v) is 5.35. The quantitative estimate of drug-likeness (QED) is 0.0996. The molecule has 0 fully saturated rings. The van der Waals surface area contributed by atoms with Crippen molar-refractivity contribution in [1.82, 2.24) is 5.16 Å². The fraction of sp³-hybridized carbons (Fsp3) is 0.167. The third-order valence-electron chi connectivity index (χ3n) is 5.35. The Bertz CT molecular complexity index is 1470. The maximum atomic E-state index is 10.8. The lowest BCUT2D eigenvalue weighted by atomic mass is 10.1. The highest BCUT2D eigenvalue weighted by Gasteiger charge is 2.10. The molecule has 0 bridgehead atoms. The predicted octanol–water partition coefficient (Wildman–Crippen LogP) is 6.96. The van der Waals surface area contributed by atoms with Crippen LogP contribution in [0.3, 0.4) is 0 Å². The minimum atomic E-state index is -0.337. The zero-order valence-electron chi connectivity index (χ0n) is 22.6. The van der Waals surface area contributed by atoms with Gasteiger partial charge in [-0.05, 0) is 50.2 Å². The molecule has 0 unspecified atom stereocenters. The Morgan fingerprint density at radius 3 is 2.20 bits per heavy atom. The summed E-state index contributed by atoms with van der Waals surface area (Å²) in [6, 6.07) is 20.3. The van der Waals surface area contributed by atoms with Crippen LogP contribution >= 0.6 is 0 Å². The zero-order valence-corrected chi connectivity index (χ0v) is 22.6. The molecule has 5 aromatic rings. The number of nitrogens with zero attached hydrogens (tertiary/aromatic N) is 2. The number of benzene rings is 2. The molecular formula is C30H30N2O8. The first-order valence-electron chi connectivity index (χ1n) is 12.1. The van der Waals surface area contributed by atoms with Crippen LogP contribution in [0.25, 0.3) is 22.6 Å². The average molecular weight is 547 g/mol. The van der Waals surface area contributed by atoms with Crippen molar-refractivity contribution in [2.75, 3.05) is 20.8 Å². The van der Waals surface area contributed by atoms with Gasteiger partial charge in [0.05, 0.1) is 50.2 Å². The highest BCUT2D eigenvalue weighted by molar-refractivity contribution is 5.98. The van der Waals surface area contributed by atoms with E-state index in [9.17, 15) is 4.79 Å². The molecule has 2 aromatic carbocycles. The molecule has 0 saturated heterocycles. The molecule has 10 heteroatoms. The number of methoxy groups -OCH3 is 2. The van der Waals surface area contributed by atoms with Gasteiger partial charge >= 0.3 is 5.97 Å². The van der Waals surface area contributed by atoms with Crippen LogP contribution in [0.5, 0.6) is 11.5 Å². The van der Waals surface area contributed by atoms with Crippen LogP contribution < -0.4 is 9.47 Å². The Hall–Kier alpha value is -5.25. The van der Waals surface area contributed by atoms with Crippen LogP contribution in [-0.4, -0.2) is 42.9 Å². The van der Waals surface area contributed by atoms with Gasteiger partial charge in [-0.1, -0.05) is 34.6 Å². The second kappa shape index (κ2) is 15.2. The first kappa shape index (κ1) is 29.3. The van der Waals surface area contributed by atoms with E-state index in [1.165, 1.54) is 12.5 Å². The van der Waals surface area contributed by atoms with Crippen molar-refractivity contribution in [3.05, 3.63) is 103 Å². The second-order valence-electron chi connectivity index (χ2n) is 7.97. The summed E-state index contributed by atoms with van der Waals surface area (Å²) in [5, 5.41) is 15.6. The largest absolute Gasteiger partial charge is 0.497 e. The highest BCUT2D eigenvalue weighted by Crippen LogP contribution is 2.28. The van der Waals surface area contributed by atoms with Gasteiger partial charge in [0, 0.05) is 17.2 Å². The molecule has 0 aliphatic rings. The second-order valence-corrected chi connectivity index (χ2v) is 7.97. The summed E-state index contributed by atoms with van der Waals surface area (Å²) in [5.41, 5.74) is 4.49. The van der Waals surface area contributed by atoms with E-state index in [2.05, 4.69) is 19.5 Å². The van der Waals surface area contributed by atoms with E-state index >= 15 is 0 Å². The van der Waals surface area contributed by atoms with Gasteiger partial charge in [0.2, 0.25) is 0 Å². The van der Waals surface area contributed by atoms with Crippen molar-refractivity contribution in [1.29, 1.82) is 0 Å². The topological polar surface area (TPSA) is 130 Å². The number of esters is 1. The van der Waals surface area contributed by atoms with Crippen molar-refractivity contribution in [2.24, 2.45) is 5.16 Å². The number of furan rings is 2. The van der Waals surface area contributed by atoms with Crippen LogP contribution in [0.2, 0.25) is 0 Å². The predicted molar refractivity (Wildman–Crippen MR) is 148 cm³/mol. The fourth-order valence-corrected chi connectivity index (χ4v) is 3.24. The van der Waals surface area contributed by atoms with Gasteiger partial charge in [0.25, 0.3) is 0 Å². The molecule has 3 aromatic heterocycles. The Labute approximate surface area is 231 Å². The smallest absolute Gasteiger partial charge is 0.341 e. The van der Waals surface area contributed by atoms with Crippen LogP contribution in [-0.2, 0) is 4.74 Å². The lowest BCUT2D eigenvalue weighted by molar-refractivity contribution is 0.0525. The number of ether oxygens (including phenoxy) is 3. The van der Waals surface area contributed by atoms with E-state index in [0.29, 0.717) is 23.6 Å². The Morgan fingerprint density at radius 2 is 1.57 bits per heavy atom. The highest BCUT2D eigenvalue weighted by atomic mass is 16.5. The molecule has 0 aliphatic carbocycles. The molecule has 5 rings (SSSR count). The lowest BCUT2D eigenvalue weighted by Crippen LogP contribution is -2.02. The summed E-state index contributed by atoms with van der Waals surface area (Å²) < 4.78 is 29.9. The lowest BCUT2D eigenvalue weighted by Gasteiger charge is -2.01. The Balaban J connectivity index is 0.000000175. The SMILES string of the molecule is CCOC(=O)c1ccoc1.COc1cccc(-c2cc(-c3ccoc3)on2)c1.COc1cccc(/C(C)=N/O)c1. The molecule has 208 valence electrons. The van der Waals surface area contributed by atoms with E-state index in [4.69, 9.17) is 23.6 Å². The van der Waals surface area contributed by atoms with Crippen molar-refractivity contribution < 1.29 is 37.6 Å². The molecule has 40 heavy (non-hydrogen) atoms. The van der Waals surface area contributed by atoms with E-state index < -0.39 is 0 Å². The number of carbonyl (C=O) groups is 1. The van der Waals surface area contributed by atoms with E-state index in [1.54, 1.807) is 46.7 Å². The normalized spacial score (nSPS) is 10.4. The third kappa shape index (κ3) is 8.38. The molecule has 0 saturated carbocycles. The van der Waals surface area contributed by atoms with Crippen molar-refractivity contribution in [3.8, 4) is 34.1 Å². The summed E-state index contributed by atoms with van der Waals surface area (Å²) in [6.45, 7) is 3.89. The summed E-state index contributed by atoms with van der Waals surface area (Å²) in [6.07, 6.45) is 6.02. The van der Waals surface area contributed by atoms with Gasteiger partial charge in [0.15, 0.2) is 5.76 Å². The number of hydrogen-bond acceptors (Lipinski definition) is 10. The first-order valence-corrected chi connectivity index (χ1v) is 12.1. The Kier molecular flexibility index (Phi) is 11.2. The van der Waals surface area contributed by atoms with Gasteiger partial charge < -0.3 is 32.8 Å². The van der Waals surface area contributed by atoms with E-state index in [1.807, 2.05) is 60.7 Å². The van der Waals surface area contributed by atoms with Crippen LogP contribution in [0.15, 0.2) is 110 Å². The molecule has 0 spiro atoms. The van der Waals surface area contributed by atoms with Gasteiger partial charge in [-0.3, -0.25) is 0 Å². The summed E-state index contributed by atoms with van der Waals surface area (Å²) >= 11 is 0. The zero-order chi connectivity index (χ0) is 28.7. The van der Waals surface area contributed by atoms with Gasteiger partial charge in [-0.2, -0.15) is 0 Å². The number of rotatable bonds is 7. The van der Waals surface area contributed by atoms with Crippen molar-refractivity contribution in [3.63, 3.8) is 0 Å². The van der Waals surface area contributed by atoms with Gasteiger partial charge in [0.1, 0.15) is 29.7 Å². The number of oxime groups is 1. The number of hydrogen-bond donors (Lipinski definition) is 1. The number of carbonyl (C=O) groups excluding carboxylic acids is 1. The monoisotopic (exact) mass is 546 g/mol. The van der Waals surface area contributed by atoms with E-state index in [-0.39, 0.29) is 5.97 Å². The molecule has 10 nitrogen and oxygen atoms in total. The fourth-order valence-electron chi connectivity index (χ4n) is 3.24. The van der Waals surface area contributed by atoms with Crippen molar-refractivity contribution >= 4 is 11.7 Å². The summed E-state index contributed by atoms with van der Waals surface area (Å²) in [5.74, 6) is 1.90. The van der Waals surface area contributed by atoms with Crippen molar-refractivity contribution in [2.45, 2.75) is 13.8 Å². The molecule has 0 atom stereocenters. The van der Waals surface area contributed by atoms with Crippen LogP contribution in [0.4, 0.5) is 0 Å². The van der Waals surface area contributed by atoms with E-state index in [0.717, 1.165) is 33.9 Å². The minimum Gasteiger partial charge on any atom is -0.497 e. The molecule has 0 radical (unpaired) electrons. The Morgan fingerprint density at radius 1 is 0.875 bits per heavy atom. The minimum absolute atomic E-state index is 0.337. The first-order chi connectivity index (χ1) is 19.5. The molecular weight excluding hydrogens is 516 g/mol. The summed E-state index contributed by atoms with van der Waals surface area (Å²) in [7, 11) is 3.24. The van der Waals surface area contributed by atoms with Gasteiger partial charge in [-0.15, -0.1) is 0 Å². The molecule has 3 heterocycles.